The molecule has 202 valence electrons. The van der Waals surface area contributed by atoms with Crippen LogP contribution in [0.15, 0.2) is 0 Å². The highest BCUT2D eigenvalue weighted by atomic mass is 16.7. The number of nitrogens with one attached hydrogen (secondary N) is 1. The molecular weight excluding hydrogens is 462 g/mol. The number of aliphatic hydroxyl groups is 7. The van der Waals surface area contributed by atoms with Crippen molar-refractivity contribution in [3.05, 3.63) is 0 Å². The minimum absolute atomic E-state index is 0.223. The molecule has 35 heavy (non-hydrogen) atoms. The second-order valence-corrected chi connectivity index (χ2v) is 12.6. The van der Waals surface area contributed by atoms with Crippen molar-refractivity contribution in [1.82, 2.24) is 5.32 Å². The first-order valence-corrected chi connectivity index (χ1v) is 12.8. The lowest BCUT2D eigenvalue weighted by molar-refractivity contribution is -0.344. The van der Waals surface area contributed by atoms with Gasteiger partial charge in [-0.1, -0.05) is 13.8 Å². The van der Waals surface area contributed by atoms with Gasteiger partial charge in [-0.3, -0.25) is 5.32 Å². The fourth-order valence-electron chi connectivity index (χ4n) is 8.62. The zero-order valence-corrected chi connectivity index (χ0v) is 20.4. The van der Waals surface area contributed by atoms with Gasteiger partial charge in [0.2, 0.25) is 0 Å². The first-order valence-electron chi connectivity index (χ1n) is 12.8. The second kappa shape index (κ2) is 9.09. The summed E-state index contributed by atoms with van der Waals surface area (Å²) in [6.07, 6.45) is -7.26. The maximum atomic E-state index is 11.0. The third-order valence-corrected chi connectivity index (χ3v) is 9.08. The van der Waals surface area contributed by atoms with Gasteiger partial charge in [0.1, 0.15) is 55.1 Å². The Kier molecular flexibility index (Phi) is 6.80. The molecule has 0 radical (unpaired) electrons. The molecule has 0 amide bonds. The zero-order chi connectivity index (χ0) is 25.3. The van der Waals surface area contributed by atoms with Crippen LogP contribution in [-0.2, 0) is 14.2 Å². The molecule has 12 unspecified atom stereocenters. The van der Waals surface area contributed by atoms with Crippen LogP contribution in [0.3, 0.4) is 0 Å². The molecule has 4 saturated carbocycles. The van der Waals surface area contributed by atoms with Gasteiger partial charge >= 0.3 is 0 Å². The zero-order valence-electron chi connectivity index (χ0n) is 20.4. The first-order chi connectivity index (χ1) is 16.4. The summed E-state index contributed by atoms with van der Waals surface area (Å²) >= 11 is 0. The third kappa shape index (κ3) is 4.57. The summed E-state index contributed by atoms with van der Waals surface area (Å²) in [5, 5.41) is 75.3. The van der Waals surface area contributed by atoms with Gasteiger partial charge in [-0.15, -0.1) is 0 Å². The standard InChI is InChI=1S/C24H41NO10/c1-22-3-11-4-23(2,8-22)10-24(5-11,9-22)25-20-17(31)16(30)19(13(7-27)33-20)35-21-18(32)15(29)14(28)12(6-26)34-21/h11-21,25-32H,3-10H2,1-2H3. The molecule has 8 N–H and O–H groups in total. The lowest BCUT2D eigenvalue weighted by atomic mass is 9.42. The van der Waals surface area contributed by atoms with Crippen molar-refractivity contribution in [2.45, 2.75) is 119 Å². The summed E-state index contributed by atoms with van der Waals surface area (Å²) in [6.45, 7) is 3.50. The van der Waals surface area contributed by atoms with Crippen molar-refractivity contribution in [3.63, 3.8) is 0 Å². The average Bonchev–Trinajstić information content (AvgIpc) is 2.76. The Morgan fingerprint density at radius 1 is 0.743 bits per heavy atom. The van der Waals surface area contributed by atoms with Crippen LogP contribution in [0.25, 0.3) is 0 Å². The number of hydrogen-bond acceptors (Lipinski definition) is 11. The minimum atomic E-state index is -1.68. The number of ether oxygens (including phenoxy) is 3. The molecule has 6 rings (SSSR count). The number of rotatable bonds is 6. The lowest BCUT2D eigenvalue weighted by Gasteiger charge is -2.66. The summed E-state index contributed by atoms with van der Waals surface area (Å²) in [4.78, 5) is 0. The molecule has 12 atom stereocenters. The van der Waals surface area contributed by atoms with Gasteiger partial charge in [-0.2, -0.15) is 0 Å². The monoisotopic (exact) mass is 503 g/mol. The summed E-state index contributed by atoms with van der Waals surface area (Å²) in [6, 6.07) is 0. The summed E-state index contributed by atoms with van der Waals surface area (Å²) in [5.41, 5.74) is 0.230. The van der Waals surface area contributed by atoms with E-state index in [1.807, 2.05) is 0 Å². The molecule has 2 aliphatic heterocycles. The van der Waals surface area contributed by atoms with Crippen molar-refractivity contribution in [2.24, 2.45) is 16.7 Å². The van der Waals surface area contributed by atoms with Gasteiger partial charge in [0.05, 0.1) is 13.2 Å². The van der Waals surface area contributed by atoms with E-state index in [9.17, 15) is 35.7 Å². The third-order valence-electron chi connectivity index (χ3n) is 9.08. The van der Waals surface area contributed by atoms with Crippen LogP contribution < -0.4 is 5.32 Å². The lowest BCUT2D eigenvalue weighted by Crippen LogP contribution is -2.71. The van der Waals surface area contributed by atoms with Crippen LogP contribution in [-0.4, -0.2) is 116 Å². The molecule has 6 fully saturated rings. The van der Waals surface area contributed by atoms with E-state index in [0.29, 0.717) is 5.92 Å². The van der Waals surface area contributed by atoms with Crippen molar-refractivity contribution >= 4 is 0 Å². The normalized spacial score (nSPS) is 58.0. The predicted molar refractivity (Wildman–Crippen MR) is 120 cm³/mol. The molecule has 6 aliphatic rings. The SMILES string of the molecule is CC12CC3CC(C)(C1)CC(NC1OC(CO)C(OC4OC(CO)C(O)C(O)C4O)C(O)C1O)(C3)C2. The Balaban J connectivity index is 1.30. The fourth-order valence-corrected chi connectivity index (χ4v) is 8.62. The van der Waals surface area contributed by atoms with E-state index in [0.717, 1.165) is 19.3 Å². The van der Waals surface area contributed by atoms with E-state index in [1.54, 1.807) is 0 Å². The van der Waals surface area contributed by atoms with E-state index in [4.69, 9.17) is 14.2 Å². The maximum Gasteiger partial charge on any atom is 0.187 e. The Hall–Kier alpha value is -0.440. The van der Waals surface area contributed by atoms with Crippen LogP contribution in [0.1, 0.15) is 52.4 Å². The van der Waals surface area contributed by atoms with Crippen molar-refractivity contribution in [1.29, 1.82) is 0 Å². The topological polar surface area (TPSA) is 181 Å². The molecule has 0 spiro atoms. The van der Waals surface area contributed by atoms with E-state index >= 15 is 0 Å². The summed E-state index contributed by atoms with van der Waals surface area (Å²) < 4.78 is 17.1. The van der Waals surface area contributed by atoms with Gasteiger partial charge in [0, 0.05) is 5.54 Å². The molecule has 11 nitrogen and oxygen atoms in total. The Morgan fingerprint density at radius 3 is 1.94 bits per heavy atom. The van der Waals surface area contributed by atoms with Crippen LogP contribution in [0.2, 0.25) is 0 Å². The smallest absolute Gasteiger partial charge is 0.187 e. The number of aliphatic hydroxyl groups excluding tert-OH is 7. The molecule has 4 bridgehead atoms. The highest BCUT2D eigenvalue weighted by Gasteiger charge is 2.61. The van der Waals surface area contributed by atoms with Gasteiger partial charge in [0.25, 0.3) is 0 Å². The van der Waals surface area contributed by atoms with Gasteiger partial charge < -0.3 is 50.0 Å². The molecule has 2 heterocycles. The Bertz CT molecular complexity index is 763. The predicted octanol–water partition coefficient (Wildman–Crippen LogP) is -2.05. The Morgan fingerprint density at radius 2 is 1.37 bits per heavy atom. The minimum Gasteiger partial charge on any atom is -0.394 e. The van der Waals surface area contributed by atoms with E-state index in [1.165, 1.54) is 19.3 Å². The molecule has 0 aromatic carbocycles. The highest BCUT2D eigenvalue weighted by molar-refractivity contribution is 5.15. The molecule has 4 aliphatic carbocycles. The molecule has 0 aromatic heterocycles. The largest absolute Gasteiger partial charge is 0.394 e. The second-order valence-electron chi connectivity index (χ2n) is 12.6. The van der Waals surface area contributed by atoms with E-state index in [2.05, 4.69) is 19.2 Å². The van der Waals surface area contributed by atoms with Gasteiger partial charge in [-0.25, -0.2) is 0 Å². The van der Waals surface area contributed by atoms with Gasteiger partial charge in [-0.05, 0) is 55.3 Å². The Labute approximate surface area is 205 Å². The van der Waals surface area contributed by atoms with E-state index < -0.39 is 74.6 Å². The van der Waals surface area contributed by atoms with Crippen LogP contribution >= 0.6 is 0 Å². The summed E-state index contributed by atoms with van der Waals surface area (Å²) in [7, 11) is 0. The first kappa shape index (κ1) is 26.2. The highest BCUT2D eigenvalue weighted by Crippen LogP contribution is 2.66. The molecule has 11 heteroatoms. The van der Waals surface area contributed by atoms with Crippen molar-refractivity contribution < 1.29 is 50.0 Å². The average molecular weight is 504 g/mol. The quantitative estimate of drug-likeness (QED) is 0.200. The fraction of sp³-hybridized carbons (Fsp3) is 1.00. The molecule has 2 saturated heterocycles. The van der Waals surface area contributed by atoms with Crippen LogP contribution in [0.4, 0.5) is 0 Å². The molecular formula is C24H41NO10. The van der Waals surface area contributed by atoms with Crippen molar-refractivity contribution in [2.75, 3.05) is 13.2 Å². The maximum absolute atomic E-state index is 11.0. The van der Waals surface area contributed by atoms with Gasteiger partial charge in [0.15, 0.2) is 6.29 Å². The van der Waals surface area contributed by atoms with Crippen molar-refractivity contribution in [3.8, 4) is 0 Å². The number of hydrogen-bond donors (Lipinski definition) is 8. The van der Waals surface area contributed by atoms with E-state index in [-0.39, 0.29) is 16.4 Å². The summed E-state index contributed by atoms with van der Waals surface area (Å²) in [5.74, 6) is 0.607. The molecule has 0 aromatic rings. The van der Waals surface area contributed by atoms with Crippen LogP contribution in [0.5, 0.6) is 0 Å². The van der Waals surface area contributed by atoms with Crippen LogP contribution in [0, 0.1) is 16.7 Å².